The fourth-order valence-electron chi connectivity index (χ4n) is 3.33. The number of amides is 2. The van der Waals surface area contributed by atoms with Crippen molar-refractivity contribution < 1.29 is 9.53 Å². The molecule has 2 aromatic carbocycles. The first kappa shape index (κ1) is 15.5. The van der Waals surface area contributed by atoms with Crippen molar-refractivity contribution >= 4 is 16.8 Å². The van der Waals surface area contributed by atoms with Crippen LogP contribution in [0.2, 0.25) is 0 Å². The number of nitrogens with one attached hydrogen (secondary N) is 1. The fraction of sp³-hybridized carbons (Fsp3) is 0.450. The molecule has 2 amide bonds. The van der Waals surface area contributed by atoms with Gasteiger partial charge in [0.2, 0.25) is 0 Å². The molecular formula is C20H24N2O2. The number of fused-ring (bicyclic) bond motifs is 1. The van der Waals surface area contributed by atoms with Crippen LogP contribution < -0.4 is 5.32 Å². The fourth-order valence-corrected chi connectivity index (χ4v) is 3.33. The second-order valence-electron chi connectivity index (χ2n) is 6.93. The van der Waals surface area contributed by atoms with Crippen LogP contribution in [0.4, 0.5) is 4.79 Å². The largest absolute Gasteiger partial charge is 0.376 e. The minimum atomic E-state index is 0.0143. The maximum Gasteiger partial charge on any atom is 0.317 e. The molecule has 2 aromatic rings. The summed E-state index contributed by atoms with van der Waals surface area (Å²) in [7, 11) is 0. The first-order chi connectivity index (χ1) is 11.8. The van der Waals surface area contributed by atoms with Gasteiger partial charge in [0.15, 0.2) is 0 Å². The van der Waals surface area contributed by atoms with Crippen LogP contribution in [0, 0.1) is 5.92 Å². The zero-order valence-corrected chi connectivity index (χ0v) is 13.9. The number of benzene rings is 2. The lowest BCUT2D eigenvalue weighted by atomic mass is 10.0. The summed E-state index contributed by atoms with van der Waals surface area (Å²) < 4.78 is 5.91. The van der Waals surface area contributed by atoms with Crippen LogP contribution in [0.25, 0.3) is 10.8 Å². The second kappa shape index (κ2) is 6.81. The Balaban J connectivity index is 1.31. The Morgan fingerprint density at radius 1 is 1.12 bits per heavy atom. The third-order valence-corrected chi connectivity index (χ3v) is 5.01. The molecule has 1 saturated carbocycles. The van der Waals surface area contributed by atoms with Crippen LogP contribution in [-0.2, 0) is 11.3 Å². The van der Waals surface area contributed by atoms with E-state index < -0.39 is 0 Å². The van der Waals surface area contributed by atoms with Crippen molar-refractivity contribution in [3.8, 4) is 0 Å². The molecule has 1 aliphatic carbocycles. The number of urea groups is 1. The quantitative estimate of drug-likeness (QED) is 0.914. The van der Waals surface area contributed by atoms with Crippen molar-refractivity contribution in [2.75, 3.05) is 19.7 Å². The number of carbonyl (C=O) groups is 1. The maximum absolute atomic E-state index is 12.4. The van der Waals surface area contributed by atoms with E-state index in [0.717, 1.165) is 31.1 Å². The van der Waals surface area contributed by atoms with Crippen molar-refractivity contribution in [1.82, 2.24) is 10.2 Å². The summed E-state index contributed by atoms with van der Waals surface area (Å²) in [6.45, 7) is 2.94. The molecule has 0 bridgehead atoms. The molecule has 0 aromatic heterocycles. The molecule has 4 heteroatoms. The summed E-state index contributed by atoms with van der Waals surface area (Å²) in [5.41, 5.74) is 1.15. The van der Waals surface area contributed by atoms with Crippen molar-refractivity contribution in [3.05, 3.63) is 48.0 Å². The Labute approximate surface area is 142 Å². The molecule has 1 aliphatic heterocycles. The van der Waals surface area contributed by atoms with Crippen LogP contribution in [-0.4, -0.2) is 36.7 Å². The van der Waals surface area contributed by atoms with Crippen LogP contribution in [0.3, 0.4) is 0 Å². The summed E-state index contributed by atoms with van der Waals surface area (Å²) in [6.07, 6.45) is 3.78. The molecule has 1 unspecified atom stereocenters. The van der Waals surface area contributed by atoms with Gasteiger partial charge in [-0.15, -0.1) is 0 Å². The lowest BCUT2D eigenvalue weighted by molar-refractivity contribution is 0.0538. The van der Waals surface area contributed by atoms with Gasteiger partial charge in [-0.2, -0.15) is 0 Å². The summed E-state index contributed by atoms with van der Waals surface area (Å²) in [5, 5.41) is 5.47. The van der Waals surface area contributed by atoms with Gasteiger partial charge in [0, 0.05) is 26.2 Å². The third kappa shape index (κ3) is 3.54. The van der Waals surface area contributed by atoms with Gasteiger partial charge >= 0.3 is 6.03 Å². The Bertz CT molecular complexity index is 721. The van der Waals surface area contributed by atoms with E-state index in [1.54, 1.807) is 0 Å². The van der Waals surface area contributed by atoms with Crippen LogP contribution in [0.5, 0.6) is 0 Å². The van der Waals surface area contributed by atoms with E-state index in [1.807, 2.05) is 23.1 Å². The van der Waals surface area contributed by atoms with E-state index in [0.29, 0.717) is 13.1 Å². The lowest BCUT2D eigenvalue weighted by Gasteiger charge is -2.18. The van der Waals surface area contributed by atoms with Crippen molar-refractivity contribution in [2.45, 2.75) is 31.9 Å². The monoisotopic (exact) mass is 324 g/mol. The third-order valence-electron chi connectivity index (χ3n) is 5.01. The molecule has 126 valence electrons. The van der Waals surface area contributed by atoms with E-state index in [1.165, 1.54) is 23.6 Å². The van der Waals surface area contributed by atoms with Gasteiger partial charge in [0.1, 0.15) is 0 Å². The van der Waals surface area contributed by atoms with Crippen molar-refractivity contribution in [3.63, 3.8) is 0 Å². The molecule has 4 nitrogen and oxygen atoms in total. The molecular weight excluding hydrogens is 300 g/mol. The highest BCUT2D eigenvalue weighted by Crippen LogP contribution is 2.30. The van der Waals surface area contributed by atoms with Crippen molar-refractivity contribution in [2.24, 2.45) is 5.92 Å². The van der Waals surface area contributed by atoms with Gasteiger partial charge in [0.25, 0.3) is 0 Å². The predicted octanol–water partition coefficient (Wildman–Crippen LogP) is 3.55. The number of ether oxygens (including phenoxy) is 1. The van der Waals surface area contributed by atoms with E-state index in [-0.39, 0.29) is 12.1 Å². The zero-order chi connectivity index (χ0) is 16.4. The Morgan fingerprint density at radius 3 is 2.83 bits per heavy atom. The van der Waals surface area contributed by atoms with Crippen LogP contribution in [0.15, 0.2) is 42.5 Å². The predicted molar refractivity (Wildman–Crippen MR) is 94.8 cm³/mol. The normalized spacial score (nSPS) is 20.5. The first-order valence-electron chi connectivity index (χ1n) is 8.90. The average molecular weight is 324 g/mol. The summed E-state index contributed by atoms with van der Waals surface area (Å²) in [4.78, 5) is 14.3. The average Bonchev–Trinajstić information content (AvgIpc) is 3.33. The molecule has 0 spiro atoms. The number of rotatable bonds is 5. The standard InChI is InChI=1S/C20H24N2O2/c23-20(22-11-10-18(13-22)24-14-15-8-9-15)21-12-17-6-3-5-16-4-1-2-7-19(16)17/h1-7,15,18H,8-14H2,(H,21,23). The molecule has 2 fully saturated rings. The minimum absolute atomic E-state index is 0.0143. The van der Waals surface area contributed by atoms with Gasteiger partial charge in [-0.1, -0.05) is 42.5 Å². The smallest absolute Gasteiger partial charge is 0.317 e. The molecule has 1 atom stereocenters. The molecule has 1 N–H and O–H groups in total. The maximum atomic E-state index is 12.4. The number of likely N-dealkylation sites (tertiary alicyclic amines) is 1. The number of hydrogen-bond acceptors (Lipinski definition) is 2. The van der Waals surface area contributed by atoms with E-state index >= 15 is 0 Å². The van der Waals surface area contributed by atoms with E-state index in [2.05, 4.69) is 29.6 Å². The van der Waals surface area contributed by atoms with Gasteiger partial charge in [-0.3, -0.25) is 0 Å². The Kier molecular flexibility index (Phi) is 4.39. The lowest BCUT2D eigenvalue weighted by Crippen LogP contribution is -2.38. The highest BCUT2D eigenvalue weighted by molar-refractivity contribution is 5.86. The van der Waals surface area contributed by atoms with Gasteiger partial charge < -0.3 is 15.0 Å². The van der Waals surface area contributed by atoms with Gasteiger partial charge in [-0.25, -0.2) is 4.79 Å². The Morgan fingerprint density at radius 2 is 1.96 bits per heavy atom. The molecule has 2 aliphatic rings. The molecule has 1 heterocycles. The molecule has 0 radical (unpaired) electrons. The molecule has 4 rings (SSSR count). The number of nitrogens with zero attached hydrogens (tertiary/aromatic N) is 1. The number of hydrogen-bond donors (Lipinski definition) is 1. The van der Waals surface area contributed by atoms with E-state index in [9.17, 15) is 4.79 Å². The highest BCUT2D eigenvalue weighted by Gasteiger charge is 2.29. The summed E-state index contributed by atoms with van der Waals surface area (Å²) in [6, 6.07) is 14.5. The summed E-state index contributed by atoms with van der Waals surface area (Å²) in [5.74, 6) is 0.777. The highest BCUT2D eigenvalue weighted by atomic mass is 16.5. The topological polar surface area (TPSA) is 41.6 Å². The van der Waals surface area contributed by atoms with Crippen molar-refractivity contribution in [1.29, 1.82) is 0 Å². The SMILES string of the molecule is O=C(NCc1cccc2ccccc12)N1CCC(OCC2CC2)C1. The summed E-state index contributed by atoms with van der Waals surface area (Å²) >= 11 is 0. The molecule has 1 saturated heterocycles. The molecule has 24 heavy (non-hydrogen) atoms. The zero-order valence-electron chi connectivity index (χ0n) is 13.9. The Hall–Kier alpha value is -2.07. The van der Waals surface area contributed by atoms with E-state index in [4.69, 9.17) is 4.74 Å². The number of carbonyl (C=O) groups excluding carboxylic acids is 1. The first-order valence-corrected chi connectivity index (χ1v) is 8.90. The van der Waals surface area contributed by atoms with Crippen LogP contribution in [0.1, 0.15) is 24.8 Å². The minimum Gasteiger partial charge on any atom is -0.376 e. The van der Waals surface area contributed by atoms with Gasteiger partial charge in [-0.05, 0) is 41.5 Å². The van der Waals surface area contributed by atoms with Crippen LogP contribution >= 0.6 is 0 Å². The second-order valence-corrected chi connectivity index (χ2v) is 6.93. The van der Waals surface area contributed by atoms with Gasteiger partial charge in [0.05, 0.1) is 6.10 Å².